The quantitative estimate of drug-likeness (QED) is 0.849. The van der Waals surface area contributed by atoms with E-state index < -0.39 is 12.1 Å². The van der Waals surface area contributed by atoms with Gasteiger partial charge >= 0.3 is 5.97 Å². The van der Waals surface area contributed by atoms with Crippen LogP contribution in [0.4, 0.5) is 0 Å². The van der Waals surface area contributed by atoms with Crippen LogP contribution in [0.5, 0.6) is 0 Å². The first-order valence-corrected chi connectivity index (χ1v) is 8.03. The molecule has 2 rings (SSSR count). The molecule has 1 aromatic rings. The minimum atomic E-state index is -0.800. The number of nitrogens with one attached hydrogen (secondary N) is 1. The molecule has 0 spiro atoms. The van der Waals surface area contributed by atoms with Crippen molar-refractivity contribution in [1.29, 1.82) is 0 Å². The largest absolute Gasteiger partial charge is 0.466 e. The fraction of sp³-hybridized carbons (Fsp3) is 0.647. The van der Waals surface area contributed by atoms with E-state index in [0.29, 0.717) is 29.5 Å². The van der Waals surface area contributed by atoms with Crippen LogP contribution < -0.4 is 5.32 Å². The van der Waals surface area contributed by atoms with Crippen LogP contribution in [-0.4, -0.2) is 24.5 Å². The highest BCUT2D eigenvalue weighted by molar-refractivity contribution is 5.93. The number of furan rings is 1. The molecule has 0 saturated heterocycles. The Morgan fingerprint density at radius 3 is 2.59 bits per heavy atom. The summed E-state index contributed by atoms with van der Waals surface area (Å²) in [5.41, 5.74) is 0.379. The molecule has 1 amide bonds. The van der Waals surface area contributed by atoms with Crippen LogP contribution in [0.3, 0.4) is 0 Å². The Morgan fingerprint density at radius 1 is 1.32 bits per heavy atom. The number of aryl methyl sites for hydroxylation is 2. The van der Waals surface area contributed by atoms with Gasteiger partial charge in [-0.3, -0.25) is 4.79 Å². The molecule has 1 aromatic heterocycles. The molecule has 122 valence electrons. The van der Waals surface area contributed by atoms with Gasteiger partial charge in [0.1, 0.15) is 17.1 Å². The molecule has 1 aliphatic rings. The molecular weight excluding hydrogens is 282 g/mol. The number of rotatable bonds is 5. The molecule has 1 saturated carbocycles. The van der Waals surface area contributed by atoms with Gasteiger partial charge in [-0.15, -0.1) is 0 Å². The van der Waals surface area contributed by atoms with E-state index in [1.807, 2.05) is 0 Å². The lowest BCUT2D eigenvalue weighted by Crippen LogP contribution is -2.38. The Hall–Kier alpha value is -1.78. The van der Waals surface area contributed by atoms with Gasteiger partial charge in [0.05, 0.1) is 0 Å². The van der Waals surface area contributed by atoms with Gasteiger partial charge in [0.15, 0.2) is 6.10 Å². The second-order valence-corrected chi connectivity index (χ2v) is 6.12. The second kappa shape index (κ2) is 7.47. The van der Waals surface area contributed by atoms with Gasteiger partial charge in [-0.1, -0.05) is 19.3 Å². The van der Waals surface area contributed by atoms with Gasteiger partial charge in [-0.2, -0.15) is 0 Å². The molecule has 1 N–H and O–H groups in total. The molecule has 0 aromatic carbocycles. The van der Waals surface area contributed by atoms with E-state index in [2.05, 4.69) is 5.32 Å². The molecule has 0 unspecified atom stereocenters. The molecule has 1 heterocycles. The summed E-state index contributed by atoms with van der Waals surface area (Å²) in [4.78, 5) is 24.1. The van der Waals surface area contributed by atoms with Crippen molar-refractivity contribution in [2.24, 2.45) is 5.92 Å². The van der Waals surface area contributed by atoms with Crippen LogP contribution in [0.2, 0.25) is 0 Å². The summed E-state index contributed by atoms with van der Waals surface area (Å²) in [5, 5.41) is 2.89. The van der Waals surface area contributed by atoms with Crippen molar-refractivity contribution in [2.45, 2.75) is 59.0 Å². The van der Waals surface area contributed by atoms with Gasteiger partial charge < -0.3 is 14.5 Å². The van der Waals surface area contributed by atoms with Crippen molar-refractivity contribution in [3.05, 3.63) is 23.2 Å². The number of amides is 1. The van der Waals surface area contributed by atoms with Crippen molar-refractivity contribution in [1.82, 2.24) is 5.32 Å². The first kappa shape index (κ1) is 16.6. The topological polar surface area (TPSA) is 68.5 Å². The van der Waals surface area contributed by atoms with E-state index in [4.69, 9.17) is 9.15 Å². The Morgan fingerprint density at radius 2 is 2.00 bits per heavy atom. The predicted molar refractivity (Wildman–Crippen MR) is 82.6 cm³/mol. The number of hydrogen-bond donors (Lipinski definition) is 1. The number of carbonyl (C=O) groups is 2. The van der Waals surface area contributed by atoms with Gasteiger partial charge in [0, 0.05) is 6.54 Å². The SMILES string of the molecule is Cc1cc(C(=O)O[C@H](C)C(=O)NCC2CCCCC2)c(C)o1. The van der Waals surface area contributed by atoms with Crippen molar-refractivity contribution in [3.63, 3.8) is 0 Å². The summed E-state index contributed by atoms with van der Waals surface area (Å²) in [7, 11) is 0. The minimum Gasteiger partial charge on any atom is -0.466 e. The molecule has 0 aliphatic heterocycles. The lowest BCUT2D eigenvalue weighted by atomic mass is 9.89. The van der Waals surface area contributed by atoms with Gasteiger partial charge in [0.2, 0.25) is 0 Å². The Balaban J connectivity index is 1.80. The average molecular weight is 307 g/mol. The second-order valence-electron chi connectivity index (χ2n) is 6.12. The lowest BCUT2D eigenvalue weighted by molar-refractivity contribution is -0.129. The van der Waals surface area contributed by atoms with E-state index in [1.165, 1.54) is 32.1 Å². The Labute approximate surface area is 131 Å². The van der Waals surface area contributed by atoms with E-state index in [1.54, 1.807) is 26.8 Å². The molecule has 5 nitrogen and oxygen atoms in total. The molecule has 22 heavy (non-hydrogen) atoms. The summed E-state index contributed by atoms with van der Waals surface area (Å²) >= 11 is 0. The highest BCUT2D eigenvalue weighted by Crippen LogP contribution is 2.22. The number of esters is 1. The van der Waals surface area contributed by atoms with E-state index in [-0.39, 0.29) is 5.91 Å². The molecule has 1 aliphatic carbocycles. The van der Waals surface area contributed by atoms with E-state index >= 15 is 0 Å². The highest BCUT2D eigenvalue weighted by Gasteiger charge is 2.22. The lowest BCUT2D eigenvalue weighted by Gasteiger charge is -2.22. The standard InChI is InChI=1S/C17H25NO4/c1-11-9-15(12(2)21-11)17(20)22-13(3)16(19)18-10-14-7-5-4-6-8-14/h9,13-14H,4-8,10H2,1-3H3,(H,18,19)/t13-/m1/s1. The normalized spacial score (nSPS) is 17.0. The van der Waals surface area contributed by atoms with Gasteiger partial charge in [-0.25, -0.2) is 4.79 Å². The van der Waals surface area contributed by atoms with Gasteiger partial charge in [0.25, 0.3) is 5.91 Å². The third kappa shape index (κ3) is 4.36. The monoisotopic (exact) mass is 307 g/mol. The van der Waals surface area contributed by atoms with Crippen molar-refractivity contribution in [3.8, 4) is 0 Å². The summed E-state index contributed by atoms with van der Waals surface area (Å²) in [6.07, 6.45) is 5.31. The third-order valence-corrected chi connectivity index (χ3v) is 4.20. The molecule has 0 radical (unpaired) electrons. The van der Waals surface area contributed by atoms with Crippen molar-refractivity contribution in [2.75, 3.05) is 6.54 Å². The van der Waals surface area contributed by atoms with E-state index in [0.717, 1.165) is 0 Å². The number of ether oxygens (including phenoxy) is 1. The number of carbonyl (C=O) groups excluding carboxylic acids is 2. The third-order valence-electron chi connectivity index (χ3n) is 4.20. The maximum absolute atomic E-state index is 12.0. The van der Waals surface area contributed by atoms with Crippen LogP contribution in [0.1, 0.15) is 60.9 Å². The van der Waals surface area contributed by atoms with Crippen LogP contribution in [0.15, 0.2) is 10.5 Å². The smallest absolute Gasteiger partial charge is 0.342 e. The molecule has 1 atom stereocenters. The Kier molecular flexibility index (Phi) is 5.63. The summed E-state index contributed by atoms with van der Waals surface area (Å²) in [6.45, 7) is 5.74. The predicted octanol–water partition coefficient (Wildman–Crippen LogP) is 3.14. The molecular formula is C17H25NO4. The molecule has 5 heteroatoms. The van der Waals surface area contributed by atoms with Crippen LogP contribution >= 0.6 is 0 Å². The van der Waals surface area contributed by atoms with Gasteiger partial charge in [-0.05, 0) is 45.6 Å². The first-order chi connectivity index (χ1) is 10.5. The first-order valence-electron chi connectivity index (χ1n) is 8.03. The zero-order chi connectivity index (χ0) is 16.1. The number of hydrogen-bond acceptors (Lipinski definition) is 4. The average Bonchev–Trinajstić information content (AvgIpc) is 2.84. The minimum absolute atomic E-state index is 0.239. The zero-order valence-electron chi connectivity index (χ0n) is 13.6. The maximum atomic E-state index is 12.0. The summed E-state index contributed by atoms with van der Waals surface area (Å²) in [5.74, 6) is 0.960. The van der Waals surface area contributed by atoms with Crippen molar-refractivity contribution >= 4 is 11.9 Å². The fourth-order valence-electron chi connectivity index (χ4n) is 2.89. The van der Waals surface area contributed by atoms with E-state index in [9.17, 15) is 9.59 Å². The molecule has 1 fully saturated rings. The Bertz CT molecular complexity index is 529. The highest BCUT2D eigenvalue weighted by atomic mass is 16.5. The van der Waals surface area contributed by atoms with Crippen LogP contribution in [0.25, 0.3) is 0 Å². The zero-order valence-corrected chi connectivity index (χ0v) is 13.6. The van der Waals surface area contributed by atoms with Crippen LogP contribution in [0, 0.1) is 19.8 Å². The van der Waals surface area contributed by atoms with Crippen LogP contribution in [-0.2, 0) is 9.53 Å². The summed E-state index contributed by atoms with van der Waals surface area (Å²) < 4.78 is 10.5. The fourth-order valence-corrected chi connectivity index (χ4v) is 2.89. The van der Waals surface area contributed by atoms with Crippen molar-refractivity contribution < 1.29 is 18.7 Å². The molecule has 0 bridgehead atoms. The summed E-state index contributed by atoms with van der Waals surface area (Å²) in [6, 6.07) is 1.63. The maximum Gasteiger partial charge on any atom is 0.342 e.